The first kappa shape index (κ1) is 9.92. The first-order chi connectivity index (χ1) is 4.68. The van der Waals surface area contributed by atoms with Crippen LogP contribution < -0.4 is 0 Å². The van der Waals surface area contributed by atoms with Crippen molar-refractivity contribution >= 4 is 0 Å². The summed E-state index contributed by atoms with van der Waals surface area (Å²) in [7, 11) is 0. The molecule has 0 aromatic heterocycles. The van der Waals surface area contributed by atoms with Crippen molar-refractivity contribution in [3.05, 3.63) is 0 Å². The highest BCUT2D eigenvalue weighted by atomic mass is 16.3. The Kier molecular flexibility index (Phi) is 4.65. The van der Waals surface area contributed by atoms with Gasteiger partial charge in [-0.2, -0.15) is 0 Å². The molecule has 0 bridgehead atoms. The third kappa shape index (κ3) is 3.18. The first-order valence-electron chi connectivity index (χ1n) is 4.01. The van der Waals surface area contributed by atoms with Crippen LogP contribution in [-0.4, -0.2) is 22.4 Å². The van der Waals surface area contributed by atoms with Crippen molar-refractivity contribution in [3.8, 4) is 0 Å². The summed E-state index contributed by atoms with van der Waals surface area (Å²) in [4.78, 5) is 0. The van der Waals surface area contributed by atoms with Gasteiger partial charge in [0.05, 0.1) is 12.2 Å². The van der Waals surface area contributed by atoms with Gasteiger partial charge in [-0.25, -0.2) is 0 Å². The average Bonchev–Trinajstić information content (AvgIpc) is 2.00. The van der Waals surface area contributed by atoms with Crippen molar-refractivity contribution in [1.82, 2.24) is 0 Å². The molecule has 0 spiro atoms. The Balaban J connectivity index is 3.58. The molecule has 0 aliphatic carbocycles. The summed E-state index contributed by atoms with van der Waals surface area (Å²) in [5.41, 5.74) is -0.810. The predicted molar refractivity (Wildman–Crippen MR) is 41.9 cm³/mol. The van der Waals surface area contributed by atoms with E-state index in [2.05, 4.69) is 6.92 Å². The number of hydrogen-bond donors (Lipinski definition) is 2. The number of aliphatic hydroxyl groups excluding tert-OH is 1. The maximum Gasteiger partial charge on any atom is 0.0874 e. The van der Waals surface area contributed by atoms with Gasteiger partial charge in [0.1, 0.15) is 0 Å². The molecule has 1 atom stereocenters. The second-order valence-electron chi connectivity index (χ2n) is 2.84. The molecule has 0 aromatic carbocycles. The lowest BCUT2D eigenvalue weighted by Gasteiger charge is -2.23. The van der Waals surface area contributed by atoms with Gasteiger partial charge < -0.3 is 10.2 Å². The van der Waals surface area contributed by atoms with Crippen LogP contribution >= 0.6 is 0 Å². The zero-order chi connectivity index (χ0) is 8.04. The molecule has 10 heavy (non-hydrogen) atoms. The second kappa shape index (κ2) is 4.69. The molecule has 0 fully saturated rings. The smallest absolute Gasteiger partial charge is 0.0874 e. The van der Waals surface area contributed by atoms with Crippen LogP contribution in [0.1, 0.15) is 39.5 Å². The minimum atomic E-state index is -0.810. The van der Waals surface area contributed by atoms with E-state index in [1.807, 2.05) is 6.92 Å². The minimum Gasteiger partial charge on any atom is -0.393 e. The van der Waals surface area contributed by atoms with Crippen molar-refractivity contribution in [1.29, 1.82) is 0 Å². The molecule has 0 amide bonds. The van der Waals surface area contributed by atoms with Gasteiger partial charge >= 0.3 is 0 Å². The first-order valence-corrected chi connectivity index (χ1v) is 4.01. The van der Waals surface area contributed by atoms with E-state index in [0.717, 1.165) is 19.3 Å². The van der Waals surface area contributed by atoms with Crippen LogP contribution in [0.3, 0.4) is 0 Å². The standard InChI is InChI=1S/C8H18O2/c1-3-5-6-8(10,4-2)7-9/h9-10H,3-7H2,1-2H3/t8-/m0/s1. The SMILES string of the molecule is CCCC[C@@](O)(CC)CO. The Hall–Kier alpha value is -0.0800. The lowest BCUT2D eigenvalue weighted by Crippen LogP contribution is -2.31. The number of unbranched alkanes of at least 4 members (excludes halogenated alkanes) is 1. The maximum atomic E-state index is 9.51. The number of hydrogen-bond acceptors (Lipinski definition) is 2. The minimum absolute atomic E-state index is 0.108. The molecule has 0 heterocycles. The number of rotatable bonds is 5. The zero-order valence-corrected chi connectivity index (χ0v) is 6.93. The van der Waals surface area contributed by atoms with Crippen LogP contribution in [0.25, 0.3) is 0 Å². The topological polar surface area (TPSA) is 40.5 Å². The molecule has 2 N–H and O–H groups in total. The Labute approximate surface area is 62.9 Å². The molecule has 0 radical (unpaired) electrons. The van der Waals surface area contributed by atoms with E-state index in [0.29, 0.717) is 6.42 Å². The third-order valence-electron chi connectivity index (χ3n) is 1.95. The van der Waals surface area contributed by atoms with Crippen LogP contribution in [-0.2, 0) is 0 Å². The van der Waals surface area contributed by atoms with Crippen LogP contribution in [0.4, 0.5) is 0 Å². The van der Waals surface area contributed by atoms with Gasteiger partial charge in [0.15, 0.2) is 0 Å². The van der Waals surface area contributed by atoms with Crippen LogP contribution in [0.2, 0.25) is 0 Å². The highest BCUT2D eigenvalue weighted by Gasteiger charge is 2.21. The van der Waals surface area contributed by atoms with E-state index in [-0.39, 0.29) is 6.61 Å². The van der Waals surface area contributed by atoms with E-state index in [9.17, 15) is 5.11 Å². The quantitative estimate of drug-likeness (QED) is 0.614. The summed E-state index contributed by atoms with van der Waals surface area (Å²) in [5, 5.41) is 18.3. The summed E-state index contributed by atoms with van der Waals surface area (Å²) in [5.74, 6) is 0. The molecule has 0 saturated heterocycles. The molecule has 0 aliphatic rings. The number of aliphatic hydroxyl groups is 2. The molecule has 2 heteroatoms. The lowest BCUT2D eigenvalue weighted by molar-refractivity contribution is -0.0256. The van der Waals surface area contributed by atoms with Crippen LogP contribution in [0, 0.1) is 0 Å². The van der Waals surface area contributed by atoms with Gasteiger partial charge in [-0.1, -0.05) is 26.7 Å². The summed E-state index contributed by atoms with van der Waals surface area (Å²) >= 11 is 0. The molecule has 62 valence electrons. The van der Waals surface area contributed by atoms with Gasteiger partial charge in [-0.05, 0) is 12.8 Å². The average molecular weight is 146 g/mol. The van der Waals surface area contributed by atoms with Gasteiger partial charge in [-0.3, -0.25) is 0 Å². The summed E-state index contributed by atoms with van der Waals surface area (Å²) in [6.45, 7) is 3.86. The van der Waals surface area contributed by atoms with Crippen LogP contribution in [0.5, 0.6) is 0 Å². The van der Waals surface area contributed by atoms with Crippen molar-refractivity contribution in [2.45, 2.75) is 45.1 Å². The fraction of sp³-hybridized carbons (Fsp3) is 1.00. The third-order valence-corrected chi connectivity index (χ3v) is 1.95. The highest BCUT2D eigenvalue weighted by molar-refractivity contribution is 4.74. The predicted octanol–water partition coefficient (Wildman–Crippen LogP) is 1.31. The molecular weight excluding hydrogens is 128 g/mol. The van der Waals surface area contributed by atoms with E-state index >= 15 is 0 Å². The van der Waals surface area contributed by atoms with Crippen molar-refractivity contribution in [3.63, 3.8) is 0 Å². The molecule has 0 aliphatic heterocycles. The molecule has 0 unspecified atom stereocenters. The Morgan fingerprint density at radius 2 is 1.90 bits per heavy atom. The van der Waals surface area contributed by atoms with Gasteiger partial charge in [-0.15, -0.1) is 0 Å². The van der Waals surface area contributed by atoms with E-state index in [1.54, 1.807) is 0 Å². The lowest BCUT2D eigenvalue weighted by atomic mass is 9.95. The van der Waals surface area contributed by atoms with Gasteiger partial charge in [0.25, 0.3) is 0 Å². The normalized spacial score (nSPS) is 16.8. The van der Waals surface area contributed by atoms with Gasteiger partial charge in [0.2, 0.25) is 0 Å². The largest absolute Gasteiger partial charge is 0.393 e. The molecule has 0 aromatic rings. The molecule has 2 nitrogen and oxygen atoms in total. The second-order valence-corrected chi connectivity index (χ2v) is 2.84. The molecule has 0 rings (SSSR count). The molecular formula is C8H18O2. The van der Waals surface area contributed by atoms with E-state index in [1.165, 1.54) is 0 Å². The highest BCUT2D eigenvalue weighted by Crippen LogP contribution is 2.16. The Morgan fingerprint density at radius 3 is 2.20 bits per heavy atom. The van der Waals surface area contributed by atoms with Crippen molar-refractivity contribution in [2.24, 2.45) is 0 Å². The summed E-state index contributed by atoms with van der Waals surface area (Å²) in [6, 6.07) is 0. The fourth-order valence-corrected chi connectivity index (χ4v) is 0.873. The summed E-state index contributed by atoms with van der Waals surface area (Å²) < 4.78 is 0. The maximum absolute atomic E-state index is 9.51. The zero-order valence-electron chi connectivity index (χ0n) is 6.93. The summed E-state index contributed by atoms with van der Waals surface area (Å²) in [6.07, 6.45) is 3.42. The Morgan fingerprint density at radius 1 is 1.30 bits per heavy atom. The fourth-order valence-electron chi connectivity index (χ4n) is 0.873. The van der Waals surface area contributed by atoms with E-state index in [4.69, 9.17) is 5.11 Å². The Bertz CT molecular complexity index is 77.3. The molecule has 0 saturated carbocycles. The van der Waals surface area contributed by atoms with Gasteiger partial charge in [0, 0.05) is 0 Å². The monoisotopic (exact) mass is 146 g/mol. The van der Waals surface area contributed by atoms with E-state index < -0.39 is 5.60 Å². The van der Waals surface area contributed by atoms with Crippen molar-refractivity contribution < 1.29 is 10.2 Å². The van der Waals surface area contributed by atoms with Crippen molar-refractivity contribution in [2.75, 3.05) is 6.61 Å². The van der Waals surface area contributed by atoms with Crippen LogP contribution in [0.15, 0.2) is 0 Å².